The van der Waals surface area contributed by atoms with Crippen molar-refractivity contribution in [3.63, 3.8) is 0 Å². The molecular formula is C19H18ClN3O2. The van der Waals surface area contributed by atoms with Crippen LogP contribution in [0.15, 0.2) is 53.3 Å². The van der Waals surface area contributed by atoms with Gasteiger partial charge in [0.15, 0.2) is 0 Å². The summed E-state index contributed by atoms with van der Waals surface area (Å²) in [7, 11) is 0. The third kappa shape index (κ3) is 4.39. The molecule has 5 nitrogen and oxygen atoms in total. The van der Waals surface area contributed by atoms with Gasteiger partial charge in [-0.1, -0.05) is 23.2 Å². The molecule has 0 aliphatic rings. The second kappa shape index (κ2) is 7.40. The van der Waals surface area contributed by atoms with E-state index in [0.29, 0.717) is 29.2 Å². The summed E-state index contributed by atoms with van der Waals surface area (Å²) in [6.45, 7) is 2.37. The number of nitrogens with one attached hydrogen (secondary N) is 3. The van der Waals surface area contributed by atoms with Gasteiger partial charge in [0.05, 0.1) is 0 Å². The number of amides is 2. The van der Waals surface area contributed by atoms with Gasteiger partial charge in [-0.3, -0.25) is 4.79 Å². The number of carbonyl (C=O) groups excluding carboxylic acids is 1. The monoisotopic (exact) mass is 355 g/mol. The zero-order valence-electron chi connectivity index (χ0n) is 13.7. The highest BCUT2D eigenvalue weighted by Crippen LogP contribution is 2.14. The molecule has 1 heterocycles. The number of carbonyl (C=O) groups is 1. The highest BCUT2D eigenvalue weighted by atomic mass is 35.5. The first kappa shape index (κ1) is 17.0. The molecule has 0 saturated carbocycles. The van der Waals surface area contributed by atoms with E-state index in [1.54, 1.807) is 24.3 Å². The van der Waals surface area contributed by atoms with Crippen molar-refractivity contribution < 1.29 is 4.79 Å². The molecule has 0 radical (unpaired) electrons. The van der Waals surface area contributed by atoms with Crippen LogP contribution in [0.4, 0.5) is 10.5 Å². The van der Waals surface area contributed by atoms with Crippen LogP contribution in [0.3, 0.4) is 0 Å². The second-order valence-electron chi connectivity index (χ2n) is 5.85. The number of hydrogen-bond acceptors (Lipinski definition) is 2. The minimum atomic E-state index is -0.324. The summed E-state index contributed by atoms with van der Waals surface area (Å²) in [6, 6.07) is 14.3. The maximum Gasteiger partial charge on any atom is 0.319 e. The molecule has 1 aromatic heterocycles. The van der Waals surface area contributed by atoms with Gasteiger partial charge in [-0.2, -0.15) is 0 Å². The van der Waals surface area contributed by atoms with E-state index < -0.39 is 0 Å². The van der Waals surface area contributed by atoms with E-state index in [4.69, 9.17) is 11.6 Å². The fourth-order valence-electron chi connectivity index (χ4n) is 2.58. The SMILES string of the molecule is Cc1ccc2[nH]c(=O)c(CCNC(=O)Nc3ccc(Cl)cc3)cc2c1. The van der Waals surface area contributed by atoms with Crippen molar-refractivity contribution in [3.05, 3.63) is 75.0 Å². The Kier molecular flexibility index (Phi) is 5.05. The summed E-state index contributed by atoms with van der Waals surface area (Å²) >= 11 is 5.80. The van der Waals surface area contributed by atoms with Gasteiger partial charge in [-0.05, 0) is 61.2 Å². The summed E-state index contributed by atoms with van der Waals surface area (Å²) in [5.41, 5.74) is 3.11. The fraction of sp³-hybridized carbons (Fsp3) is 0.158. The standard InChI is InChI=1S/C19H18ClN3O2/c1-12-2-7-17-14(10-12)11-13(18(24)23-17)8-9-21-19(25)22-16-5-3-15(20)4-6-16/h2-7,10-11H,8-9H2,1H3,(H,23,24)(H2,21,22,25). The number of aryl methyl sites for hydroxylation is 1. The van der Waals surface area contributed by atoms with Crippen molar-refractivity contribution in [1.29, 1.82) is 0 Å². The molecule has 6 heteroatoms. The van der Waals surface area contributed by atoms with E-state index in [0.717, 1.165) is 16.5 Å². The second-order valence-corrected chi connectivity index (χ2v) is 6.29. The lowest BCUT2D eigenvalue weighted by Gasteiger charge is -2.08. The molecule has 0 aliphatic carbocycles. The van der Waals surface area contributed by atoms with Gasteiger partial charge in [-0.15, -0.1) is 0 Å². The average molecular weight is 356 g/mol. The number of aromatic nitrogens is 1. The molecule has 3 aromatic rings. The number of urea groups is 1. The predicted molar refractivity (Wildman–Crippen MR) is 101 cm³/mol. The minimum Gasteiger partial charge on any atom is -0.338 e. The van der Waals surface area contributed by atoms with Crippen LogP contribution in [-0.2, 0) is 6.42 Å². The molecule has 25 heavy (non-hydrogen) atoms. The molecule has 128 valence electrons. The van der Waals surface area contributed by atoms with E-state index in [-0.39, 0.29) is 11.6 Å². The molecule has 3 rings (SSSR count). The number of fused-ring (bicyclic) bond motifs is 1. The van der Waals surface area contributed by atoms with Crippen LogP contribution in [0.5, 0.6) is 0 Å². The van der Waals surface area contributed by atoms with E-state index in [1.807, 2.05) is 31.2 Å². The largest absolute Gasteiger partial charge is 0.338 e. The van der Waals surface area contributed by atoms with Gasteiger partial charge in [-0.25, -0.2) is 4.79 Å². The Morgan fingerprint density at radius 3 is 2.64 bits per heavy atom. The van der Waals surface area contributed by atoms with Crippen LogP contribution in [0.25, 0.3) is 10.9 Å². The van der Waals surface area contributed by atoms with E-state index >= 15 is 0 Å². The number of anilines is 1. The minimum absolute atomic E-state index is 0.128. The first-order valence-corrected chi connectivity index (χ1v) is 8.32. The average Bonchev–Trinajstić information content (AvgIpc) is 2.58. The normalized spacial score (nSPS) is 10.6. The summed E-state index contributed by atoms with van der Waals surface area (Å²) in [6.07, 6.45) is 0.452. The number of aromatic amines is 1. The number of hydrogen-bond donors (Lipinski definition) is 3. The topological polar surface area (TPSA) is 74.0 Å². The summed E-state index contributed by atoms with van der Waals surface area (Å²) in [5.74, 6) is 0. The Morgan fingerprint density at radius 1 is 1.12 bits per heavy atom. The van der Waals surface area contributed by atoms with Crippen LogP contribution in [0.2, 0.25) is 5.02 Å². The summed E-state index contributed by atoms with van der Waals surface area (Å²) in [5, 5.41) is 7.05. The molecule has 2 amide bonds. The molecule has 0 unspecified atom stereocenters. The molecule has 0 spiro atoms. The van der Waals surface area contributed by atoms with E-state index in [2.05, 4.69) is 15.6 Å². The number of pyridine rings is 1. The lowest BCUT2D eigenvalue weighted by Crippen LogP contribution is -2.31. The van der Waals surface area contributed by atoms with Gasteiger partial charge in [0, 0.05) is 28.3 Å². The van der Waals surface area contributed by atoms with Crippen molar-refractivity contribution in [2.24, 2.45) is 0 Å². The Morgan fingerprint density at radius 2 is 1.88 bits per heavy atom. The molecule has 0 saturated heterocycles. The maximum atomic E-state index is 12.1. The molecule has 0 atom stereocenters. The van der Waals surface area contributed by atoms with Crippen LogP contribution in [0, 0.1) is 6.92 Å². The Labute approximate surface area is 150 Å². The lowest BCUT2D eigenvalue weighted by atomic mass is 10.1. The maximum absolute atomic E-state index is 12.1. The molecule has 3 N–H and O–H groups in total. The van der Waals surface area contributed by atoms with Crippen LogP contribution in [0.1, 0.15) is 11.1 Å². The molecule has 0 bridgehead atoms. The Bertz CT molecular complexity index is 965. The number of benzene rings is 2. The van der Waals surface area contributed by atoms with Crippen molar-refractivity contribution in [3.8, 4) is 0 Å². The first-order chi connectivity index (χ1) is 12.0. The molecule has 0 aliphatic heterocycles. The van der Waals surface area contributed by atoms with Gasteiger partial charge >= 0.3 is 6.03 Å². The van der Waals surface area contributed by atoms with Crippen molar-refractivity contribution in [2.75, 3.05) is 11.9 Å². The number of H-pyrrole nitrogens is 1. The Balaban J connectivity index is 1.60. The molecule has 0 fully saturated rings. The van der Waals surface area contributed by atoms with Crippen LogP contribution < -0.4 is 16.2 Å². The van der Waals surface area contributed by atoms with Crippen LogP contribution >= 0.6 is 11.6 Å². The number of rotatable bonds is 4. The number of halogens is 1. The zero-order valence-corrected chi connectivity index (χ0v) is 14.5. The highest BCUT2D eigenvalue weighted by molar-refractivity contribution is 6.30. The van der Waals surface area contributed by atoms with Gasteiger partial charge < -0.3 is 15.6 Å². The first-order valence-electron chi connectivity index (χ1n) is 7.94. The smallest absolute Gasteiger partial charge is 0.319 e. The highest BCUT2D eigenvalue weighted by Gasteiger charge is 2.05. The van der Waals surface area contributed by atoms with E-state index in [9.17, 15) is 9.59 Å². The predicted octanol–water partition coefficient (Wildman–Crippen LogP) is 3.85. The van der Waals surface area contributed by atoms with Gasteiger partial charge in [0.2, 0.25) is 0 Å². The summed E-state index contributed by atoms with van der Waals surface area (Å²) in [4.78, 5) is 26.9. The third-order valence-electron chi connectivity index (χ3n) is 3.86. The van der Waals surface area contributed by atoms with Gasteiger partial charge in [0.1, 0.15) is 0 Å². The zero-order chi connectivity index (χ0) is 17.8. The lowest BCUT2D eigenvalue weighted by molar-refractivity contribution is 0.252. The van der Waals surface area contributed by atoms with Crippen molar-refractivity contribution in [1.82, 2.24) is 10.3 Å². The van der Waals surface area contributed by atoms with Crippen molar-refractivity contribution >= 4 is 34.2 Å². The molecular weight excluding hydrogens is 338 g/mol. The quantitative estimate of drug-likeness (QED) is 0.665. The van der Waals surface area contributed by atoms with Gasteiger partial charge in [0.25, 0.3) is 5.56 Å². The molecule has 2 aromatic carbocycles. The van der Waals surface area contributed by atoms with Crippen molar-refractivity contribution in [2.45, 2.75) is 13.3 Å². The van der Waals surface area contributed by atoms with Crippen LogP contribution in [-0.4, -0.2) is 17.6 Å². The third-order valence-corrected chi connectivity index (χ3v) is 4.11. The summed E-state index contributed by atoms with van der Waals surface area (Å²) < 4.78 is 0. The van der Waals surface area contributed by atoms with E-state index in [1.165, 1.54) is 0 Å². The fourth-order valence-corrected chi connectivity index (χ4v) is 2.70. The Hall–Kier alpha value is -2.79.